The third-order valence-corrected chi connectivity index (χ3v) is 8.67. The zero-order chi connectivity index (χ0) is 29.4. The molecule has 0 saturated heterocycles. The minimum Gasteiger partial charge on any atom is -0.495 e. The summed E-state index contributed by atoms with van der Waals surface area (Å²) in [4.78, 5) is 28.5. The molecule has 3 rings (SSSR count). The van der Waals surface area contributed by atoms with Crippen LogP contribution >= 0.6 is 23.2 Å². The minimum atomic E-state index is -4.26. The molecule has 0 fully saturated rings. The number of hydrogen-bond acceptors (Lipinski definition) is 5. The van der Waals surface area contributed by atoms with Gasteiger partial charge in [-0.05, 0) is 68.3 Å². The molecule has 1 N–H and O–H groups in total. The summed E-state index contributed by atoms with van der Waals surface area (Å²) in [5, 5.41) is 3.63. The molecule has 0 bridgehead atoms. The highest BCUT2D eigenvalue weighted by Gasteiger charge is 2.34. The molecule has 11 heteroatoms. The summed E-state index contributed by atoms with van der Waals surface area (Å²) < 4.78 is 34.2. The van der Waals surface area contributed by atoms with Crippen molar-refractivity contribution in [3.8, 4) is 5.75 Å². The molecule has 40 heavy (non-hydrogen) atoms. The van der Waals surface area contributed by atoms with Gasteiger partial charge in [0, 0.05) is 22.6 Å². The number of carbonyl (C=O) groups excluding carboxylic acids is 2. The zero-order valence-electron chi connectivity index (χ0n) is 22.8. The third-order valence-electron chi connectivity index (χ3n) is 6.43. The van der Waals surface area contributed by atoms with Crippen LogP contribution in [0.15, 0.2) is 77.7 Å². The van der Waals surface area contributed by atoms with Crippen molar-refractivity contribution < 1.29 is 22.7 Å². The predicted octanol–water partition coefficient (Wildman–Crippen LogP) is 5.53. The van der Waals surface area contributed by atoms with Crippen molar-refractivity contribution in [2.24, 2.45) is 0 Å². The number of nitrogens with one attached hydrogen (secondary N) is 1. The molecule has 0 aromatic heterocycles. The lowest BCUT2D eigenvalue weighted by Crippen LogP contribution is -2.52. The molecular formula is C29H33Cl2N3O5S. The Labute approximate surface area is 245 Å². The number of carbonyl (C=O) groups is 2. The first kappa shape index (κ1) is 31.3. The zero-order valence-corrected chi connectivity index (χ0v) is 25.1. The number of amides is 2. The Kier molecular flexibility index (Phi) is 10.8. The number of nitrogens with zero attached hydrogens (tertiary/aromatic N) is 2. The first-order chi connectivity index (χ1) is 19.0. The number of anilines is 1. The topological polar surface area (TPSA) is 96.0 Å². The van der Waals surface area contributed by atoms with E-state index in [1.165, 1.54) is 36.3 Å². The lowest BCUT2D eigenvalue weighted by atomic mass is 10.1. The first-order valence-corrected chi connectivity index (χ1v) is 14.9. The molecule has 0 aliphatic heterocycles. The summed E-state index contributed by atoms with van der Waals surface area (Å²) in [7, 11) is -2.86. The van der Waals surface area contributed by atoms with Crippen molar-refractivity contribution in [2.75, 3.05) is 18.0 Å². The number of ether oxygens (including phenoxy) is 1. The maximum Gasteiger partial charge on any atom is 0.264 e. The van der Waals surface area contributed by atoms with Gasteiger partial charge >= 0.3 is 0 Å². The summed E-state index contributed by atoms with van der Waals surface area (Å²) in [5.41, 5.74) is 0.772. The van der Waals surface area contributed by atoms with Crippen LogP contribution < -0.4 is 14.4 Å². The van der Waals surface area contributed by atoms with Crippen molar-refractivity contribution in [3.05, 3.63) is 88.4 Å². The van der Waals surface area contributed by atoms with Crippen molar-refractivity contribution in [1.82, 2.24) is 10.2 Å². The highest BCUT2D eigenvalue weighted by atomic mass is 35.5. The van der Waals surface area contributed by atoms with E-state index in [-0.39, 0.29) is 39.8 Å². The maximum atomic E-state index is 14.0. The molecule has 214 valence electrons. The fourth-order valence-corrected chi connectivity index (χ4v) is 5.79. The number of hydrogen-bond donors (Lipinski definition) is 1. The van der Waals surface area contributed by atoms with Gasteiger partial charge in [0.25, 0.3) is 10.0 Å². The Morgan fingerprint density at radius 3 is 2.25 bits per heavy atom. The third kappa shape index (κ3) is 7.68. The van der Waals surface area contributed by atoms with Gasteiger partial charge in [-0.1, -0.05) is 60.5 Å². The van der Waals surface area contributed by atoms with Crippen LogP contribution in [0.2, 0.25) is 10.0 Å². The van der Waals surface area contributed by atoms with E-state index in [1.807, 2.05) is 13.8 Å². The summed E-state index contributed by atoms with van der Waals surface area (Å²) >= 11 is 12.4. The summed E-state index contributed by atoms with van der Waals surface area (Å²) in [6, 6.07) is 18.2. The summed E-state index contributed by atoms with van der Waals surface area (Å²) in [6.07, 6.45) is 0.707. The van der Waals surface area contributed by atoms with Crippen molar-refractivity contribution in [3.63, 3.8) is 0 Å². The minimum absolute atomic E-state index is 0.0196. The SMILES string of the molecule is CC[C@@H](C)NC(=O)[C@@H](C)N(Cc1cccc(Cl)c1)C(=O)CN(c1cc(Cl)ccc1OC)S(=O)(=O)c1ccccc1. The molecule has 3 aromatic carbocycles. The van der Waals surface area contributed by atoms with Gasteiger partial charge in [-0.15, -0.1) is 0 Å². The number of sulfonamides is 1. The molecule has 0 heterocycles. The molecule has 3 aromatic rings. The number of methoxy groups -OCH3 is 1. The highest BCUT2D eigenvalue weighted by Crippen LogP contribution is 2.35. The van der Waals surface area contributed by atoms with Crippen LogP contribution in [0.3, 0.4) is 0 Å². The van der Waals surface area contributed by atoms with E-state index in [0.29, 0.717) is 17.0 Å². The van der Waals surface area contributed by atoms with Crippen molar-refractivity contribution in [1.29, 1.82) is 0 Å². The van der Waals surface area contributed by atoms with Gasteiger partial charge in [-0.2, -0.15) is 0 Å². The predicted molar refractivity (Wildman–Crippen MR) is 158 cm³/mol. The van der Waals surface area contributed by atoms with Gasteiger partial charge in [0.2, 0.25) is 11.8 Å². The Morgan fingerprint density at radius 2 is 1.62 bits per heavy atom. The number of rotatable bonds is 12. The second-order valence-electron chi connectivity index (χ2n) is 9.29. The van der Waals surface area contributed by atoms with E-state index < -0.39 is 28.5 Å². The monoisotopic (exact) mass is 605 g/mol. The molecular weight excluding hydrogens is 573 g/mol. The quantitative estimate of drug-likeness (QED) is 0.293. The second-order valence-corrected chi connectivity index (χ2v) is 12.0. The van der Waals surface area contributed by atoms with Crippen molar-refractivity contribution in [2.45, 2.75) is 50.7 Å². The van der Waals surface area contributed by atoms with E-state index in [4.69, 9.17) is 27.9 Å². The summed E-state index contributed by atoms with van der Waals surface area (Å²) in [6.45, 7) is 4.83. The molecule has 2 atom stereocenters. The van der Waals surface area contributed by atoms with Crippen molar-refractivity contribution >= 4 is 50.7 Å². The molecule has 2 amide bonds. The fraction of sp³-hybridized carbons (Fsp3) is 0.310. The van der Waals surface area contributed by atoms with Gasteiger partial charge in [0.05, 0.1) is 17.7 Å². The second kappa shape index (κ2) is 13.9. The maximum absolute atomic E-state index is 14.0. The molecule has 0 saturated carbocycles. The van der Waals surface area contributed by atoms with Gasteiger partial charge in [-0.3, -0.25) is 13.9 Å². The Hall–Kier alpha value is -3.27. The van der Waals surface area contributed by atoms with E-state index in [2.05, 4.69) is 5.32 Å². The normalized spacial score (nSPS) is 12.8. The molecule has 0 spiro atoms. The van der Waals surface area contributed by atoms with Crippen LogP contribution in [-0.4, -0.2) is 50.9 Å². The molecule has 0 unspecified atom stereocenters. The molecule has 0 radical (unpaired) electrons. The van der Waals surface area contributed by atoms with Crippen LogP contribution in [0.1, 0.15) is 32.8 Å². The lowest BCUT2D eigenvalue weighted by molar-refractivity contribution is -0.139. The fourth-order valence-electron chi connectivity index (χ4n) is 3.97. The van der Waals surface area contributed by atoms with Gasteiger partial charge in [0.15, 0.2) is 0 Å². The van der Waals surface area contributed by atoms with E-state index in [9.17, 15) is 18.0 Å². The van der Waals surface area contributed by atoms with Gasteiger partial charge in [0.1, 0.15) is 18.3 Å². The average Bonchev–Trinajstić information content (AvgIpc) is 2.94. The number of halogens is 2. The van der Waals surface area contributed by atoms with Crippen LogP contribution in [0, 0.1) is 0 Å². The summed E-state index contributed by atoms with van der Waals surface area (Å²) in [5.74, 6) is -0.753. The van der Waals surface area contributed by atoms with E-state index in [0.717, 1.165) is 4.31 Å². The molecule has 8 nitrogen and oxygen atoms in total. The van der Waals surface area contributed by atoms with Crippen LogP contribution in [0.4, 0.5) is 5.69 Å². The first-order valence-electron chi connectivity index (χ1n) is 12.7. The van der Waals surface area contributed by atoms with Gasteiger partial charge in [-0.25, -0.2) is 8.42 Å². The number of benzene rings is 3. The Bertz CT molecular complexity index is 1440. The van der Waals surface area contributed by atoms with Crippen LogP contribution in [-0.2, 0) is 26.2 Å². The lowest BCUT2D eigenvalue weighted by Gasteiger charge is -2.33. The van der Waals surface area contributed by atoms with E-state index in [1.54, 1.807) is 55.5 Å². The largest absolute Gasteiger partial charge is 0.495 e. The Balaban J connectivity index is 2.08. The molecule has 0 aliphatic carbocycles. The average molecular weight is 607 g/mol. The van der Waals surface area contributed by atoms with Crippen LogP contribution in [0.5, 0.6) is 5.75 Å². The van der Waals surface area contributed by atoms with Gasteiger partial charge < -0.3 is 15.0 Å². The van der Waals surface area contributed by atoms with E-state index >= 15 is 0 Å². The van der Waals surface area contributed by atoms with Crippen LogP contribution in [0.25, 0.3) is 0 Å². The smallest absolute Gasteiger partial charge is 0.264 e. The highest BCUT2D eigenvalue weighted by molar-refractivity contribution is 7.92. The Morgan fingerprint density at radius 1 is 0.950 bits per heavy atom. The molecule has 0 aliphatic rings. The standard InChI is InChI=1S/C29H33Cl2N3O5S/c1-5-20(2)32-29(36)21(3)33(18-22-10-9-11-23(30)16-22)28(35)19-34(26-17-24(31)14-15-27(26)39-4)40(37,38)25-12-7-6-8-13-25/h6-17,20-21H,5,18-19H2,1-4H3,(H,32,36)/t20-,21-/m1/s1.